The highest BCUT2D eigenvalue weighted by molar-refractivity contribution is 6.31. The van der Waals surface area contributed by atoms with E-state index < -0.39 is 0 Å². The van der Waals surface area contributed by atoms with Gasteiger partial charge in [-0.05, 0) is 74.5 Å². The lowest BCUT2D eigenvalue weighted by Gasteiger charge is -2.11. The van der Waals surface area contributed by atoms with Gasteiger partial charge in [-0.15, -0.1) is 0 Å². The third-order valence-corrected chi connectivity index (χ3v) is 4.99. The molecule has 4 rings (SSSR count). The van der Waals surface area contributed by atoms with Gasteiger partial charge in [-0.25, -0.2) is 4.98 Å². The van der Waals surface area contributed by atoms with E-state index in [0.29, 0.717) is 45.0 Å². The first-order valence-corrected chi connectivity index (χ1v) is 10.6. The van der Waals surface area contributed by atoms with Gasteiger partial charge in [-0.2, -0.15) is 0 Å². The van der Waals surface area contributed by atoms with Gasteiger partial charge in [-0.3, -0.25) is 4.79 Å². The van der Waals surface area contributed by atoms with Gasteiger partial charge in [0.05, 0.1) is 25.9 Å². The van der Waals surface area contributed by atoms with Crippen molar-refractivity contribution in [2.45, 2.75) is 20.0 Å². The Balaban J connectivity index is 1.83. The lowest BCUT2D eigenvalue weighted by molar-refractivity contribution is 0.105. The summed E-state index contributed by atoms with van der Waals surface area (Å²) in [6.07, 6.45) is 1.76. The van der Waals surface area contributed by atoms with E-state index >= 15 is 0 Å². The summed E-state index contributed by atoms with van der Waals surface area (Å²) >= 11 is 0. The summed E-state index contributed by atoms with van der Waals surface area (Å²) in [6.45, 7) is 3.91. The third-order valence-electron chi connectivity index (χ3n) is 4.99. The molecule has 3 aromatic carbocycles. The molecule has 0 saturated carbocycles. The molecule has 0 bridgehead atoms. The van der Waals surface area contributed by atoms with Crippen molar-refractivity contribution in [3.63, 3.8) is 0 Å². The fraction of sp³-hybridized carbons (Fsp3) is 0.185. The summed E-state index contributed by atoms with van der Waals surface area (Å²) in [4.78, 5) is 18.2. The molecule has 33 heavy (non-hydrogen) atoms. The Labute approximate surface area is 192 Å². The number of aromatic nitrogens is 1. The van der Waals surface area contributed by atoms with Crippen molar-refractivity contribution in [2.24, 2.45) is 0 Å². The zero-order chi connectivity index (χ0) is 23.4. The highest BCUT2D eigenvalue weighted by atomic mass is 16.5. The number of methoxy groups -OCH3 is 2. The van der Waals surface area contributed by atoms with Crippen LogP contribution >= 0.6 is 0 Å². The average Bonchev–Trinajstić information content (AvgIpc) is 3.26. The quantitative estimate of drug-likeness (QED) is 0.244. The molecule has 6 nitrogen and oxygen atoms in total. The van der Waals surface area contributed by atoms with E-state index in [9.17, 15) is 4.79 Å². The molecule has 0 N–H and O–H groups in total. The molecule has 0 fully saturated rings. The minimum absolute atomic E-state index is 0.0438. The Morgan fingerprint density at radius 2 is 1.67 bits per heavy atom. The number of fused-ring (bicyclic) bond motifs is 1. The van der Waals surface area contributed by atoms with Crippen molar-refractivity contribution >= 4 is 28.5 Å². The van der Waals surface area contributed by atoms with Gasteiger partial charge < -0.3 is 18.6 Å². The second-order valence-electron chi connectivity index (χ2n) is 7.67. The second kappa shape index (κ2) is 9.61. The minimum Gasteiger partial charge on any atom is -0.497 e. The van der Waals surface area contributed by atoms with Crippen LogP contribution in [-0.4, -0.2) is 31.1 Å². The van der Waals surface area contributed by atoms with Gasteiger partial charge in [0, 0.05) is 11.1 Å². The van der Waals surface area contributed by atoms with Crippen LogP contribution in [0.25, 0.3) is 22.7 Å². The molecular formula is C27H25NO5. The number of benzene rings is 3. The molecule has 0 radical (unpaired) electrons. The molecule has 0 saturated heterocycles. The number of allylic oxidation sites excluding steroid dienone is 1. The monoisotopic (exact) mass is 443 g/mol. The first-order chi connectivity index (χ1) is 16.0. The van der Waals surface area contributed by atoms with Crippen LogP contribution in [0.1, 0.15) is 35.7 Å². The van der Waals surface area contributed by atoms with E-state index in [1.54, 1.807) is 62.8 Å². The van der Waals surface area contributed by atoms with Gasteiger partial charge in [-0.1, -0.05) is 12.1 Å². The Morgan fingerprint density at radius 1 is 0.939 bits per heavy atom. The second-order valence-corrected chi connectivity index (χ2v) is 7.67. The predicted octanol–water partition coefficient (Wildman–Crippen LogP) is 6.06. The van der Waals surface area contributed by atoms with E-state index in [0.717, 1.165) is 0 Å². The van der Waals surface area contributed by atoms with Crippen LogP contribution in [0.3, 0.4) is 0 Å². The van der Waals surface area contributed by atoms with Crippen molar-refractivity contribution in [3.05, 3.63) is 83.7 Å². The fourth-order valence-electron chi connectivity index (χ4n) is 3.43. The van der Waals surface area contributed by atoms with Gasteiger partial charge in [0.25, 0.3) is 0 Å². The van der Waals surface area contributed by atoms with Crippen LogP contribution in [0.15, 0.2) is 71.1 Å². The van der Waals surface area contributed by atoms with Gasteiger partial charge in [0.15, 0.2) is 11.4 Å². The van der Waals surface area contributed by atoms with Gasteiger partial charge in [0.2, 0.25) is 5.89 Å². The number of hydrogen-bond acceptors (Lipinski definition) is 6. The van der Waals surface area contributed by atoms with Crippen LogP contribution in [0.5, 0.6) is 17.2 Å². The maximum absolute atomic E-state index is 13.6. The van der Waals surface area contributed by atoms with Crippen molar-refractivity contribution < 1.29 is 23.4 Å². The number of carbonyl (C=O) groups excluding carboxylic acids is 1. The molecule has 0 spiro atoms. The zero-order valence-corrected chi connectivity index (χ0v) is 19.0. The number of nitrogens with zero attached hydrogens (tertiary/aromatic N) is 1. The first-order valence-electron chi connectivity index (χ1n) is 10.6. The number of para-hydroxylation sites is 2. The van der Waals surface area contributed by atoms with Crippen LogP contribution in [0, 0.1) is 0 Å². The molecule has 4 aromatic rings. The molecule has 0 aliphatic rings. The summed E-state index contributed by atoms with van der Waals surface area (Å²) in [7, 11) is 3.16. The number of rotatable bonds is 8. The number of ether oxygens (including phenoxy) is 3. The normalized spacial score (nSPS) is 11.6. The largest absolute Gasteiger partial charge is 0.497 e. The van der Waals surface area contributed by atoms with Crippen molar-refractivity contribution in [3.8, 4) is 17.2 Å². The number of ketones is 1. The number of hydrogen-bond donors (Lipinski definition) is 0. The van der Waals surface area contributed by atoms with Crippen molar-refractivity contribution in [1.82, 2.24) is 4.98 Å². The smallest absolute Gasteiger partial charge is 0.231 e. The van der Waals surface area contributed by atoms with Crippen LogP contribution < -0.4 is 14.2 Å². The third kappa shape index (κ3) is 4.90. The molecule has 1 heterocycles. The van der Waals surface area contributed by atoms with E-state index in [-0.39, 0.29) is 17.8 Å². The summed E-state index contributed by atoms with van der Waals surface area (Å²) in [5.74, 6) is 1.93. The average molecular weight is 443 g/mol. The highest BCUT2D eigenvalue weighted by Gasteiger charge is 2.21. The van der Waals surface area contributed by atoms with Crippen LogP contribution in [-0.2, 0) is 0 Å². The fourth-order valence-corrected chi connectivity index (χ4v) is 3.43. The molecule has 168 valence electrons. The molecule has 0 atom stereocenters. The predicted molar refractivity (Wildman–Crippen MR) is 128 cm³/mol. The molecule has 1 aromatic heterocycles. The molecule has 6 heteroatoms. The highest BCUT2D eigenvalue weighted by Crippen LogP contribution is 2.31. The molecular weight excluding hydrogens is 418 g/mol. The van der Waals surface area contributed by atoms with Crippen LogP contribution in [0.4, 0.5) is 0 Å². The zero-order valence-electron chi connectivity index (χ0n) is 19.0. The number of oxazole rings is 1. The Hall–Kier alpha value is -4.06. The number of Topliss-reactive ketones (excluding diaryl/α,β-unsaturated/α-hetero) is 1. The summed E-state index contributed by atoms with van der Waals surface area (Å²) in [5.41, 5.74) is 2.73. The summed E-state index contributed by atoms with van der Waals surface area (Å²) < 4.78 is 22.5. The summed E-state index contributed by atoms with van der Waals surface area (Å²) in [6, 6.07) is 19.8. The topological polar surface area (TPSA) is 70.8 Å². The molecule has 0 aliphatic carbocycles. The van der Waals surface area contributed by atoms with Crippen molar-refractivity contribution in [1.29, 1.82) is 0 Å². The molecule has 0 unspecified atom stereocenters. The minimum atomic E-state index is -0.234. The Bertz CT molecular complexity index is 1270. The molecule has 0 amide bonds. The van der Waals surface area contributed by atoms with Crippen molar-refractivity contribution in [2.75, 3.05) is 14.2 Å². The lowest BCUT2D eigenvalue weighted by Crippen LogP contribution is -2.07. The first kappa shape index (κ1) is 22.1. The van der Waals surface area contributed by atoms with E-state index in [1.165, 1.54) is 0 Å². The van der Waals surface area contributed by atoms with E-state index in [1.807, 2.05) is 38.1 Å². The van der Waals surface area contributed by atoms with E-state index in [2.05, 4.69) is 4.98 Å². The van der Waals surface area contributed by atoms with Gasteiger partial charge in [0.1, 0.15) is 22.8 Å². The SMILES string of the molecule is COc1ccc(OC)c(/C=C(\C(=O)c2ccc(OC(C)C)cc2)c2nc3ccccc3o2)c1. The standard InChI is InChI=1S/C27H25NO5/c1-17(2)32-20-11-9-18(10-12-20)26(29)22(27-28-23-7-5-6-8-25(23)33-27)16-19-15-21(30-3)13-14-24(19)31-4/h5-17H,1-4H3/b22-16+. The Kier molecular flexibility index (Phi) is 6.45. The van der Waals surface area contributed by atoms with E-state index in [4.69, 9.17) is 18.6 Å². The van der Waals surface area contributed by atoms with Crippen LogP contribution in [0.2, 0.25) is 0 Å². The lowest BCUT2D eigenvalue weighted by atomic mass is 10.00. The Morgan fingerprint density at radius 3 is 2.33 bits per heavy atom. The van der Waals surface area contributed by atoms with Gasteiger partial charge >= 0.3 is 0 Å². The number of carbonyl (C=O) groups is 1. The summed E-state index contributed by atoms with van der Waals surface area (Å²) in [5, 5.41) is 0. The molecule has 0 aliphatic heterocycles. The maximum Gasteiger partial charge on any atom is 0.231 e. The maximum atomic E-state index is 13.6.